The highest BCUT2D eigenvalue weighted by Crippen LogP contribution is 2.16. The molecule has 0 aromatic heterocycles. The zero-order chi connectivity index (χ0) is 9.52. The summed E-state index contributed by atoms with van der Waals surface area (Å²) in [5, 5.41) is 3.53. The molecular formula is C8H16N4O. The predicted molar refractivity (Wildman–Crippen MR) is 50.5 cm³/mol. The average Bonchev–Trinajstić information content (AvgIpc) is 2.54. The van der Waals surface area contributed by atoms with Gasteiger partial charge in [0.05, 0.1) is 6.61 Å². The minimum atomic E-state index is 0.527. The highest BCUT2D eigenvalue weighted by molar-refractivity contribution is 4.79. The first-order chi connectivity index (χ1) is 6.38. The summed E-state index contributed by atoms with van der Waals surface area (Å²) in [7, 11) is 1.73. The molecule has 13 heavy (non-hydrogen) atoms. The van der Waals surface area contributed by atoms with Gasteiger partial charge in [-0.2, -0.15) is 0 Å². The predicted octanol–water partition coefficient (Wildman–Crippen LogP) is 1.41. The van der Waals surface area contributed by atoms with Crippen molar-refractivity contribution in [3.63, 3.8) is 0 Å². The molecular weight excluding hydrogens is 168 g/mol. The highest BCUT2D eigenvalue weighted by Gasteiger charge is 2.23. The Labute approximate surface area is 78.3 Å². The average molecular weight is 184 g/mol. The second-order valence-corrected chi connectivity index (χ2v) is 3.24. The molecule has 0 radical (unpaired) electrons. The first-order valence-electron chi connectivity index (χ1n) is 4.62. The molecule has 0 amide bonds. The lowest BCUT2D eigenvalue weighted by Gasteiger charge is -2.22. The zero-order valence-electron chi connectivity index (χ0n) is 8.02. The van der Waals surface area contributed by atoms with Gasteiger partial charge >= 0.3 is 0 Å². The largest absolute Gasteiger partial charge is 0.383 e. The van der Waals surface area contributed by atoms with E-state index in [9.17, 15) is 0 Å². The lowest BCUT2D eigenvalue weighted by atomic mass is 10.2. The summed E-state index contributed by atoms with van der Waals surface area (Å²) >= 11 is 0. The van der Waals surface area contributed by atoms with Gasteiger partial charge in [-0.05, 0) is 24.9 Å². The van der Waals surface area contributed by atoms with Crippen LogP contribution in [0.2, 0.25) is 0 Å². The Morgan fingerprint density at radius 2 is 2.54 bits per heavy atom. The summed E-state index contributed by atoms with van der Waals surface area (Å²) in [6.45, 7) is 3.32. The second-order valence-electron chi connectivity index (χ2n) is 3.24. The molecule has 0 saturated carbocycles. The number of azide groups is 1. The third-order valence-electron chi connectivity index (χ3n) is 2.41. The van der Waals surface area contributed by atoms with E-state index in [2.05, 4.69) is 14.9 Å². The molecule has 0 N–H and O–H groups in total. The minimum Gasteiger partial charge on any atom is -0.383 e. The standard InChI is InChI=1S/C8H16N4O/c1-13-7-8-3-2-5-12(8)6-4-10-11-9/h8H,2-7H2,1H3/t8-/m1/s1. The van der Waals surface area contributed by atoms with Crippen molar-refractivity contribution in [2.75, 3.05) is 33.4 Å². The number of ether oxygens (including phenoxy) is 1. The van der Waals surface area contributed by atoms with Crippen LogP contribution < -0.4 is 0 Å². The zero-order valence-corrected chi connectivity index (χ0v) is 8.02. The summed E-state index contributed by atoms with van der Waals surface area (Å²) in [6.07, 6.45) is 2.43. The molecule has 74 valence electrons. The van der Waals surface area contributed by atoms with Crippen molar-refractivity contribution in [1.82, 2.24) is 4.90 Å². The van der Waals surface area contributed by atoms with Crippen LogP contribution in [0.3, 0.4) is 0 Å². The van der Waals surface area contributed by atoms with Crippen molar-refractivity contribution in [1.29, 1.82) is 0 Å². The van der Waals surface area contributed by atoms with Crippen molar-refractivity contribution in [2.45, 2.75) is 18.9 Å². The van der Waals surface area contributed by atoms with Crippen molar-refractivity contribution < 1.29 is 4.74 Å². The molecule has 0 aliphatic carbocycles. The van der Waals surface area contributed by atoms with Crippen molar-refractivity contribution in [2.24, 2.45) is 5.11 Å². The Hall–Kier alpha value is -0.770. The molecule has 1 heterocycles. The van der Waals surface area contributed by atoms with E-state index in [0.717, 1.165) is 19.7 Å². The van der Waals surface area contributed by atoms with Gasteiger partial charge in [-0.15, -0.1) is 0 Å². The summed E-state index contributed by atoms with van der Waals surface area (Å²) in [5.74, 6) is 0. The Kier molecular flexibility index (Phi) is 4.60. The summed E-state index contributed by atoms with van der Waals surface area (Å²) in [5.41, 5.74) is 8.12. The van der Waals surface area contributed by atoms with E-state index in [0.29, 0.717) is 12.6 Å². The van der Waals surface area contributed by atoms with E-state index in [-0.39, 0.29) is 0 Å². The van der Waals surface area contributed by atoms with E-state index >= 15 is 0 Å². The molecule has 1 atom stereocenters. The molecule has 0 aromatic carbocycles. The van der Waals surface area contributed by atoms with Gasteiger partial charge in [-0.1, -0.05) is 5.11 Å². The Bertz CT molecular complexity index is 191. The van der Waals surface area contributed by atoms with Crippen LogP contribution in [0, 0.1) is 0 Å². The Morgan fingerprint density at radius 3 is 3.23 bits per heavy atom. The van der Waals surface area contributed by atoms with Crippen LogP contribution in [0.1, 0.15) is 12.8 Å². The van der Waals surface area contributed by atoms with Gasteiger partial charge in [0, 0.05) is 31.2 Å². The summed E-state index contributed by atoms with van der Waals surface area (Å²) < 4.78 is 5.12. The molecule has 0 aromatic rings. The lowest BCUT2D eigenvalue weighted by Crippen LogP contribution is -2.34. The quantitative estimate of drug-likeness (QED) is 0.368. The van der Waals surface area contributed by atoms with Crippen LogP contribution in [0.15, 0.2) is 5.11 Å². The van der Waals surface area contributed by atoms with Gasteiger partial charge in [0.15, 0.2) is 0 Å². The number of likely N-dealkylation sites (tertiary alicyclic amines) is 1. The molecule has 1 rings (SSSR count). The minimum absolute atomic E-state index is 0.527. The van der Waals surface area contributed by atoms with Crippen molar-refractivity contribution in [3.05, 3.63) is 10.4 Å². The van der Waals surface area contributed by atoms with Crippen LogP contribution in [0.4, 0.5) is 0 Å². The fourth-order valence-corrected chi connectivity index (χ4v) is 1.79. The van der Waals surface area contributed by atoms with Gasteiger partial charge < -0.3 is 4.74 Å². The number of hydrogen-bond acceptors (Lipinski definition) is 3. The molecule has 1 saturated heterocycles. The molecule has 1 aliphatic rings. The van der Waals surface area contributed by atoms with Gasteiger partial charge in [0.1, 0.15) is 0 Å². The summed E-state index contributed by atoms with van der Waals surface area (Å²) in [4.78, 5) is 5.07. The van der Waals surface area contributed by atoms with Gasteiger partial charge in [-0.25, -0.2) is 0 Å². The van der Waals surface area contributed by atoms with E-state index in [1.165, 1.54) is 12.8 Å². The highest BCUT2D eigenvalue weighted by atomic mass is 16.5. The lowest BCUT2D eigenvalue weighted by molar-refractivity contribution is 0.117. The van der Waals surface area contributed by atoms with Crippen LogP contribution >= 0.6 is 0 Å². The third-order valence-corrected chi connectivity index (χ3v) is 2.41. The van der Waals surface area contributed by atoms with Gasteiger partial charge in [0.2, 0.25) is 0 Å². The van der Waals surface area contributed by atoms with Crippen LogP contribution in [0.25, 0.3) is 10.4 Å². The molecule has 0 bridgehead atoms. The van der Waals surface area contributed by atoms with Gasteiger partial charge in [-0.3, -0.25) is 4.90 Å². The Balaban J connectivity index is 2.26. The molecule has 0 unspecified atom stereocenters. The fraction of sp³-hybridized carbons (Fsp3) is 1.00. The van der Waals surface area contributed by atoms with E-state index in [1.807, 2.05) is 0 Å². The van der Waals surface area contributed by atoms with Crippen LogP contribution in [-0.2, 0) is 4.74 Å². The maximum Gasteiger partial charge on any atom is 0.0618 e. The number of rotatable bonds is 5. The Morgan fingerprint density at radius 1 is 1.69 bits per heavy atom. The van der Waals surface area contributed by atoms with Crippen molar-refractivity contribution >= 4 is 0 Å². The van der Waals surface area contributed by atoms with Crippen LogP contribution in [-0.4, -0.2) is 44.3 Å². The first-order valence-corrected chi connectivity index (χ1v) is 4.62. The maximum atomic E-state index is 8.12. The maximum absolute atomic E-state index is 8.12. The first kappa shape index (κ1) is 10.3. The molecule has 1 aliphatic heterocycles. The number of hydrogen-bond donors (Lipinski definition) is 0. The van der Waals surface area contributed by atoms with E-state index < -0.39 is 0 Å². The monoisotopic (exact) mass is 184 g/mol. The smallest absolute Gasteiger partial charge is 0.0618 e. The SMILES string of the molecule is COC[C@H]1CCCN1CCN=[N+]=[N-]. The molecule has 5 nitrogen and oxygen atoms in total. The summed E-state index contributed by atoms with van der Waals surface area (Å²) in [6, 6.07) is 0.527. The number of nitrogens with zero attached hydrogens (tertiary/aromatic N) is 4. The molecule has 5 heteroatoms. The molecule has 0 spiro atoms. The third kappa shape index (κ3) is 3.22. The van der Waals surface area contributed by atoms with Crippen molar-refractivity contribution in [3.8, 4) is 0 Å². The normalized spacial score (nSPS) is 23.0. The topological polar surface area (TPSA) is 61.2 Å². The van der Waals surface area contributed by atoms with E-state index in [4.69, 9.17) is 10.3 Å². The number of methoxy groups -OCH3 is 1. The fourth-order valence-electron chi connectivity index (χ4n) is 1.79. The molecule has 1 fully saturated rings. The van der Waals surface area contributed by atoms with Gasteiger partial charge in [0.25, 0.3) is 0 Å². The second kappa shape index (κ2) is 5.80. The van der Waals surface area contributed by atoms with Crippen LogP contribution in [0.5, 0.6) is 0 Å². The van der Waals surface area contributed by atoms with E-state index in [1.54, 1.807) is 7.11 Å².